The molecule has 0 unspecified atom stereocenters. The van der Waals surface area contributed by atoms with Gasteiger partial charge < -0.3 is 39.6 Å². The van der Waals surface area contributed by atoms with Crippen molar-refractivity contribution in [1.29, 1.82) is 0 Å². The van der Waals surface area contributed by atoms with Crippen LogP contribution in [0.4, 0.5) is 0 Å². The summed E-state index contributed by atoms with van der Waals surface area (Å²) in [5.74, 6) is 0. The van der Waals surface area contributed by atoms with Crippen LogP contribution in [0.25, 0.3) is 0 Å². The molecule has 1 aliphatic heterocycles. The van der Waals surface area contributed by atoms with Crippen LogP contribution in [0, 0.1) is 0 Å². The molecule has 5 rings (SSSR count). The van der Waals surface area contributed by atoms with E-state index in [0.717, 1.165) is 18.3 Å². The van der Waals surface area contributed by atoms with Gasteiger partial charge in [0.1, 0.15) is 0 Å². The molecule has 0 amide bonds. The van der Waals surface area contributed by atoms with E-state index in [9.17, 15) is 0 Å². The van der Waals surface area contributed by atoms with Crippen molar-refractivity contribution in [3.05, 3.63) is 90.0 Å². The second kappa shape index (κ2) is 8.00. The van der Waals surface area contributed by atoms with Crippen molar-refractivity contribution in [1.82, 2.24) is 0 Å². The van der Waals surface area contributed by atoms with Crippen molar-refractivity contribution in [2.24, 2.45) is 0 Å². The monoisotopic (exact) mass is 358 g/mol. The van der Waals surface area contributed by atoms with Crippen molar-refractivity contribution in [3.63, 3.8) is 0 Å². The average molecular weight is 358 g/mol. The second-order valence-corrected chi connectivity index (χ2v) is 5.98. The normalized spacial score (nSPS) is 21.1. The van der Waals surface area contributed by atoms with E-state index in [1.165, 1.54) is 11.1 Å². The number of fused-ring (bicyclic) bond motifs is 3. The third-order valence-corrected chi connectivity index (χ3v) is 4.48. The van der Waals surface area contributed by atoms with E-state index in [-0.39, 0.29) is 36.4 Å². The van der Waals surface area contributed by atoms with E-state index in [4.69, 9.17) is 9.31 Å². The van der Waals surface area contributed by atoms with Gasteiger partial charge in [0.25, 0.3) is 0 Å². The molecule has 1 saturated heterocycles. The largest absolute Gasteiger partial charge is 0.748 e. The molecule has 0 bridgehead atoms. The third-order valence-electron chi connectivity index (χ3n) is 4.48. The smallest absolute Gasteiger partial charge is 0.418 e. The van der Waals surface area contributed by atoms with Crippen LogP contribution in [0.1, 0.15) is 23.7 Å². The Labute approximate surface area is 154 Å². The zero-order chi connectivity index (χ0) is 15.5. The molecule has 1 fully saturated rings. The fourth-order valence-electron chi connectivity index (χ4n) is 3.34. The van der Waals surface area contributed by atoms with E-state index in [2.05, 4.69) is 36.4 Å². The summed E-state index contributed by atoms with van der Waals surface area (Å²) < 4.78 is 12.2. The van der Waals surface area contributed by atoms with Gasteiger partial charge in [-0.15, -0.1) is 5.46 Å². The van der Waals surface area contributed by atoms with E-state index < -0.39 is 0 Å². The van der Waals surface area contributed by atoms with Crippen LogP contribution >= 0.6 is 0 Å². The van der Waals surface area contributed by atoms with Gasteiger partial charge in [-0.05, 0) is 24.0 Å². The maximum Gasteiger partial charge on any atom is 0.418 e. The molecule has 3 aromatic rings. The number of aryl methyl sites for hydroxylation is 1. The summed E-state index contributed by atoms with van der Waals surface area (Å²) >= 11 is 0. The fraction of sp³-hybridized carbons (Fsp3) is 0.200. The first-order valence-corrected chi connectivity index (χ1v) is 8.19. The Balaban J connectivity index is 0.000000245. The molecule has 0 N–H and O–H groups in total. The Kier molecular flexibility index (Phi) is 5.75. The van der Waals surface area contributed by atoms with Crippen molar-refractivity contribution in [2.75, 3.05) is 0 Å². The molecule has 128 valence electrons. The zero-order valence-corrected chi connectivity index (χ0v) is 14.4. The van der Waals surface area contributed by atoms with Crippen molar-refractivity contribution in [2.45, 2.75) is 25.0 Å². The van der Waals surface area contributed by atoms with Gasteiger partial charge in [0.15, 0.2) is 0 Å². The quantitative estimate of drug-likeness (QED) is 0.489. The summed E-state index contributed by atoms with van der Waals surface area (Å²) in [6, 6.07) is 26.7. The van der Waals surface area contributed by atoms with E-state index in [0.29, 0.717) is 0 Å². The third kappa shape index (κ3) is 3.58. The van der Waals surface area contributed by atoms with Gasteiger partial charge >= 0.3 is 7.12 Å². The molecular formula is C20H19BFeO2-6. The Morgan fingerprint density at radius 1 is 0.917 bits per heavy atom. The van der Waals surface area contributed by atoms with Crippen LogP contribution in [0.3, 0.4) is 0 Å². The van der Waals surface area contributed by atoms with Crippen LogP contribution in [0.15, 0.2) is 78.9 Å². The van der Waals surface area contributed by atoms with Crippen LogP contribution in [-0.2, 0) is 32.8 Å². The summed E-state index contributed by atoms with van der Waals surface area (Å²) in [5.41, 5.74) is 3.84. The summed E-state index contributed by atoms with van der Waals surface area (Å²) in [6.45, 7) is 0. The first-order valence-electron chi connectivity index (χ1n) is 8.19. The summed E-state index contributed by atoms with van der Waals surface area (Å²) in [4.78, 5) is 0. The van der Waals surface area contributed by atoms with E-state index in [1.54, 1.807) is 0 Å². The molecule has 3 aromatic carbocycles. The Morgan fingerprint density at radius 3 is 2.29 bits per heavy atom. The topological polar surface area (TPSA) is 18.5 Å². The Morgan fingerprint density at radius 2 is 1.58 bits per heavy atom. The van der Waals surface area contributed by atoms with Crippen molar-refractivity contribution < 1.29 is 26.4 Å². The first-order chi connectivity index (χ1) is 11.4. The van der Waals surface area contributed by atoms with Gasteiger partial charge in [-0.25, -0.2) is 12.1 Å². The molecule has 4 heteroatoms. The zero-order valence-electron chi connectivity index (χ0n) is 13.3. The van der Waals surface area contributed by atoms with Crippen LogP contribution in [0.2, 0.25) is 0 Å². The maximum absolute atomic E-state index is 6.11. The Bertz CT molecular complexity index is 707. The number of hydrogen-bond acceptors (Lipinski definition) is 2. The number of rotatable bonds is 1. The summed E-state index contributed by atoms with van der Waals surface area (Å²) in [6.07, 6.45) is 2.46. The average Bonchev–Trinajstić information content (AvgIpc) is 3.37. The van der Waals surface area contributed by atoms with Gasteiger partial charge in [-0.1, -0.05) is 24.3 Å². The van der Waals surface area contributed by atoms with Crippen LogP contribution in [0.5, 0.6) is 0 Å². The van der Waals surface area contributed by atoms with E-state index >= 15 is 0 Å². The van der Waals surface area contributed by atoms with Crippen molar-refractivity contribution >= 4 is 12.6 Å². The molecule has 0 saturated carbocycles. The minimum atomic E-state index is -0.193. The molecule has 2 nitrogen and oxygen atoms in total. The molecule has 0 aromatic heterocycles. The van der Waals surface area contributed by atoms with Gasteiger partial charge in [0.05, 0.1) is 12.2 Å². The van der Waals surface area contributed by atoms with Crippen LogP contribution < -0.4 is 5.46 Å². The molecule has 1 heterocycles. The minimum absolute atomic E-state index is 0. The minimum Gasteiger partial charge on any atom is -0.748 e. The standard InChI is InChI=1S/C15H14BO2.C5H5.Fe/c1-4-8-13-11(5-1)9-10-14-15(13)18-16(17-14)12-6-2-3-7-12;1-2-4-5-3-1;/h1-8,14-15H,9-10H2;1-5H;/q-1;-5;/t14-,15+;;/m1../s1. The second-order valence-electron chi connectivity index (χ2n) is 5.98. The molecule has 0 radical (unpaired) electrons. The van der Waals surface area contributed by atoms with Crippen molar-refractivity contribution in [3.8, 4) is 0 Å². The fourth-order valence-corrected chi connectivity index (χ4v) is 3.34. The molecule has 2 aliphatic rings. The summed E-state index contributed by atoms with van der Waals surface area (Å²) in [7, 11) is -0.193. The first kappa shape index (κ1) is 17.3. The molecular weight excluding hydrogens is 339 g/mol. The number of hydrogen-bond donors (Lipinski definition) is 0. The van der Waals surface area contributed by atoms with Gasteiger partial charge in [0, 0.05) is 17.1 Å². The predicted molar refractivity (Wildman–Crippen MR) is 92.9 cm³/mol. The Hall–Kier alpha value is -1.58. The molecule has 2 atom stereocenters. The molecule has 1 aliphatic carbocycles. The van der Waals surface area contributed by atoms with Gasteiger partial charge in [-0.2, -0.15) is 12.1 Å². The van der Waals surface area contributed by atoms with E-state index in [1.807, 2.05) is 42.5 Å². The molecule has 0 spiro atoms. The molecule has 24 heavy (non-hydrogen) atoms. The predicted octanol–water partition coefficient (Wildman–Crippen LogP) is 3.61. The van der Waals surface area contributed by atoms with Gasteiger partial charge in [0.2, 0.25) is 0 Å². The maximum atomic E-state index is 6.11. The SMILES string of the molecule is [Fe].[cH-]1[cH-][cH-][cH-][cH-]1.c1ccc2c(c1)CC[C@H]1OB([c-]3cccc3)O[C@@H]21. The van der Waals surface area contributed by atoms with Gasteiger partial charge in [-0.3, -0.25) is 0 Å². The number of benzene rings is 1. The van der Waals surface area contributed by atoms with Crippen LogP contribution in [-0.4, -0.2) is 13.2 Å². The summed E-state index contributed by atoms with van der Waals surface area (Å²) in [5, 5.41) is 0.